The molecule has 0 radical (unpaired) electrons. The quantitative estimate of drug-likeness (QED) is 0.269. The van der Waals surface area contributed by atoms with Crippen LogP contribution in [0.2, 0.25) is 0 Å². The summed E-state index contributed by atoms with van der Waals surface area (Å²) in [5.41, 5.74) is 9.04. The van der Waals surface area contributed by atoms with Gasteiger partial charge in [-0.15, -0.1) is 0 Å². The second-order valence-electron chi connectivity index (χ2n) is 9.78. The van der Waals surface area contributed by atoms with Gasteiger partial charge in [-0.25, -0.2) is 0 Å². The maximum atomic E-state index is 12.6. The number of nitrogens with two attached hydrogens (primary N) is 1. The van der Waals surface area contributed by atoms with E-state index in [0.717, 1.165) is 38.2 Å². The van der Waals surface area contributed by atoms with Crippen LogP contribution in [0, 0.1) is 0 Å². The van der Waals surface area contributed by atoms with Gasteiger partial charge in [0, 0.05) is 12.8 Å². The van der Waals surface area contributed by atoms with Gasteiger partial charge >= 0.3 is 0 Å². The molecule has 0 saturated carbocycles. The molecular formula is C34H29NO. The van der Waals surface area contributed by atoms with Crippen molar-refractivity contribution in [2.75, 3.05) is 0 Å². The molecule has 0 aromatic heterocycles. The Bertz CT molecular complexity index is 1590. The third-order valence-electron chi connectivity index (χ3n) is 7.49. The molecule has 0 heterocycles. The van der Waals surface area contributed by atoms with E-state index in [1.165, 1.54) is 10.8 Å². The molecule has 6 aromatic carbocycles. The highest BCUT2D eigenvalue weighted by Gasteiger charge is 2.37. The molecule has 6 aromatic rings. The summed E-state index contributed by atoms with van der Waals surface area (Å²) in [7, 11) is 0. The van der Waals surface area contributed by atoms with E-state index in [1.807, 2.05) is 18.2 Å². The first-order valence-electron chi connectivity index (χ1n) is 12.5. The lowest BCUT2D eigenvalue weighted by Crippen LogP contribution is -2.45. The summed E-state index contributed by atoms with van der Waals surface area (Å²) in [5.74, 6) is 0. The van der Waals surface area contributed by atoms with Crippen molar-refractivity contribution in [1.82, 2.24) is 0 Å². The summed E-state index contributed by atoms with van der Waals surface area (Å²) < 4.78 is 0. The van der Waals surface area contributed by atoms with Gasteiger partial charge in [-0.2, -0.15) is 0 Å². The van der Waals surface area contributed by atoms with Gasteiger partial charge in [0.05, 0.1) is 11.6 Å². The van der Waals surface area contributed by atoms with Gasteiger partial charge in [-0.1, -0.05) is 127 Å². The number of rotatable bonds is 6. The number of hydrogen-bond donors (Lipinski definition) is 2. The molecular weight excluding hydrogens is 438 g/mol. The zero-order chi connectivity index (χ0) is 24.5. The smallest absolute Gasteiger partial charge is 0.0920 e. The average molecular weight is 468 g/mol. The molecule has 0 aliphatic carbocycles. The minimum Gasteiger partial charge on any atom is -0.387 e. The molecule has 2 nitrogen and oxygen atoms in total. The summed E-state index contributed by atoms with van der Waals surface area (Å²) >= 11 is 0. The molecule has 0 aliphatic rings. The second-order valence-corrected chi connectivity index (χ2v) is 9.78. The first-order valence-corrected chi connectivity index (χ1v) is 12.5. The van der Waals surface area contributed by atoms with Crippen molar-refractivity contribution >= 4 is 32.3 Å². The minimum absolute atomic E-state index is 0.446. The van der Waals surface area contributed by atoms with E-state index in [9.17, 15) is 5.11 Å². The van der Waals surface area contributed by atoms with E-state index in [1.54, 1.807) is 0 Å². The predicted octanol–water partition coefficient (Wildman–Crippen LogP) is 7.36. The van der Waals surface area contributed by atoms with E-state index in [2.05, 4.69) is 109 Å². The topological polar surface area (TPSA) is 46.2 Å². The molecule has 0 aliphatic heterocycles. The van der Waals surface area contributed by atoms with Crippen molar-refractivity contribution in [2.24, 2.45) is 5.73 Å². The molecule has 176 valence electrons. The van der Waals surface area contributed by atoms with Gasteiger partial charge < -0.3 is 10.8 Å². The highest BCUT2D eigenvalue weighted by Crippen LogP contribution is 2.37. The third kappa shape index (κ3) is 4.05. The van der Waals surface area contributed by atoms with E-state index in [4.69, 9.17) is 5.73 Å². The molecule has 0 unspecified atom stereocenters. The Morgan fingerprint density at radius 3 is 1.42 bits per heavy atom. The molecule has 0 amide bonds. The van der Waals surface area contributed by atoms with Gasteiger partial charge in [-0.3, -0.25) is 0 Å². The Morgan fingerprint density at radius 2 is 0.889 bits per heavy atom. The van der Waals surface area contributed by atoms with Crippen molar-refractivity contribution in [3.63, 3.8) is 0 Å². The predicted molar refractivity (Wildman–Crippen MR) is 151 cm³/mol. The summed E-state index contributed by atoms with van der Waals surface area (Å²) in [6.07, 6.45) is 0.893. The van der Waals surface area contributed by atoms with Crippen molar-refractivity contribution in [3.8, 4) is 0 Å². The first kappa shape index (κ1) is 22.5. The maximum Gasteiger partial charge on any atom is 0.0920 e. The molecule has 0 spiro atoms. The van der Waals surface area contributed by atoms with Crippen molar-refractivity contribution in [2.45, 2.75) is 24.5 Å². The van der Waals surface area contributed by atoms with Crippen LogP contribution in [0.1, 0.15) is 22.7 Å². The second kappa shape index (κ2) is 9.23. The lowest BCUT2D eigenvalue weighted by atomic mass is 9.77. The van der Waals surface area contributed by atoms with Crippen LogP contribution in [-0.4, -0.2) is 10.7 Å². The van der Waals surface area contributed by atoms with E-state index >= 15 is 0 Å². The van der Waals surface area contributed by atoms with Gasteiger partial charge in [0.1, 0.15) is 0 Å². The number of fused-ring (bicyclic) bond motifs is 3. The minimum atomic E-state index is -1.21. The zero-order valence-corrected chi connectivity index (χ0v) is 20.1. The number of benzene rings is 6. The summed E-state index contributed by atoms with van der Waals surface area (Å²) in [5, 5.41) is 19.5. The van der Waals surface area contributed by atoms with Gasteiger partial charge in [-0.05, 0) is 49.0 Å². The fraction of sp³-hybridized carbons (Fsp3) is 0.118. The molecule has 0 fully saturated rings. The Kier molecular flexibility index (Phi) is 5.77. The lowest BCUT2D eigenvalue weighted by Gasteiger charge is -2.36. The van der Waals surface area contributed by atoms with Crippen molar-refractivity contribution in [1.29, 1.82) is 0 Å². The van der Waals surface area contributed by atoms with Crippen molar-refractivity contribution < 1.29 is 5.11 Å². The highest BCUT2D eigenvalue weighted by molar-refractivity contribution is 5.88. The lowest BCUT2D eigenvalue weighted by molar-refractivity contribution is 0.0146. The molecule has 1 atom stereocenters. The van der Waals surface area contributed by atoms with Crippen LogP contribution >= 0.6 is 0 Å². The number of hydrogen-bond acceptors (Lipinski definition) is 2. The average Bonchev–Trinajstić information content (AvgIpc) is 2.93. The van der Waals surface area contributed by atoms with Crippen LogP contribution in [-0.2, 0) is 12.8 Å². The van der Waals surface area contributed by atoms with Crippen LogP contribution in [0.15, 0.2) is 127 Å². The van der Waals surface area contributed by atoms with Crippen molar-refractivity contribution in [3.05, 3.63) is 144 Å². The standard InChI is InChI=1S/C34H29NO/c35-33(32-21-9-15-26-12-3-6-20-31(26)32)34(36,22-27-16-7-13-24-10-1-4-18-29(24)27)23-28-17-8-14-25-11-2-5-19-30(25)28/h1-21,33,36H,22-23,35H2/t33-/m1/s1. The monoisotopic (exact) mass is 467 g/mol. The zero-order valence-electron chi connectivity index (χ0n) is 20.1. The van der Waals surface area contributed by atoms with Gasteiger partial charge in [0.15, 0.2) is 0 Å². The normalized spacial score (nSPS) is 12.8. The Morgan fingerprint density at radius 1 is 0.500 bits per heavy atom. The summed E-state index contributed by atoms with van der Waals surface area (Å²) in [6, 6.07) is 43.2. The Labute approximate surface area is 211 Å². The first-order chi connectivity index (χ1) is 17.6. The van der Waals surface area contributed by atoms with Crippen LogP contribution in [0.4, 0.5) is 0 Å². The summed E-state index contributed by atoms with van der Waals surface area (Å²) in [6.45, 7) is 0. The van der Waals surface area contributed by atoms with E-state index in [-0.39, 0.29) is 0 Å². The number of aliphatic hydroxyl groups is 1. The molecule has 36 heavy (non-hydrogen) atoms. The van der Waals surface area contributed by atoms with Gasteiger partial charge in [0.2, 0.25) is 0 Å². The maximum absolute atomic E-state index is 12.6. The van der Waals surface area contributed by atoms with Crippen LogP contribution in [0.3, 0.4) is 0 Å². The van der Waals surface area contributed by atoms with Crippen LogP contribution < -0.4 is 5.73 Å². The molecule has 2 heteroatoms. The van der Waals surface area contributed by atoms with E-state index < -0.39 is 11.6 Å². The third-order valence-corrected chi connectivity index (χ3v) is 7.49. The van der Waals surface area contributed by atoms with Gasteiger partial charge in [0.25, 0.3) is 0 Å². The fourth-order valence-electron chi connectivity index (χ4n) is 5.65. The highest BCUT2D eigenvalue weighted by atomic mass is 16.3. The molecule has 0 saturated heterocycles. The molecule has 3 N–H and O–H groups in total. The van der Waals surface area contributed by atoms with Crippen LogP contribution in [0.5, 0.6) is 0 Å². The molecule has 0 bridgehead atoms. The van der Waals surface area contributed by atoms with E-state index in [0.29, 0.717) is 12.8 Å². The summed E-state index contributed by atoms with van der Waals surface area (Å²) in [4.78, 5) is 0. The van der Waals surface area contributed by atoms with Crippen LogP contribution in [0.25, 0.3) is 32.3 Å². The Hall–Kier alpha value is -3.98. The SMILES string of the molecule is N[C@H](c1cccc2ccccc12)C(O)(Cc1cccc2ccccc12)Cc1cccc2ccccc12. The fourth-order valence-corrected chi connectivity index (χ4v) is 5.65. The largest absolute Gasteiger partial charge is 0.387 e. The Balaban J connectivity index is 1.51. The molecule has 6 rings (SSSR count).